The van der Waals surface area contributed by atoms with Gasteiger partial charge in [0.05, 0.1) is 6.10 Å². The van der Waals surface area contributed by atoms with Crippen LogP contribution in [0.1, 0.15) is 38.2 Å². The minimum absolute atomic E-state index is 0.212. The minimum Gasteiger partial charge on any atom is -0.392 e. The van der Waals surface area contributed by atoms with Gasteiger partial charge in [0.25, 0.3) is 0 Å². The number of benzene rings is 1. The van der Waals surface area contributed by atoms with E-state index in [1.165, 1.54) is 25.7 Å². The van der Waals surface area contributed by atoms with Crippen LogP contribution in [-0.2, 0) is 6.42 Å². The van der Waals surface area contributed by atoms with Gasteiger partial charge in [0.2, 0.25) is 0 Å². The second-order valence-corrected chi connectivity index (χ2v) is 5.87. The smallest absolute Gasteiger partial charge is 0.0608 e. The van der Waals surface area contributed by atoms with Crippen LogP contribution in [0.5, 0.6) is 0 Å². The molecule has 1 saturated carbocycles. The maximum atomic E-state index is 10.3. The highest BCUT2D eigenvalue weighted by molar-refractivity contribution is 6.30. The average Bonchev–Trinajstić information content (AvgIpc) is 2.29. The summed E-state index contributed by atoms with van der Waals surface area (Å²) in [5.74, 6) is 1.24. The SMILES string of the molecule is CC1CCCC(C(O)Cc2cccc(Cl)c2)C1. The molecule has 2 heteroatoms. The second kappa shape index (κ2) is 5.88. The lowest BCUT2D eigenvalue weighted by Gasteiger charge is -2.30. The molecule has 0 radical (unpaired) electrons. The zero-order valence-corrected chi connectivity index (χ0v) is 11.2. The molecule has 0 bridgehead atoms. The molecular formula is C15H21ClO. The lowest BCUT2D eigenvalue weighted by molar-refractivity contribution is 0.0720. The first kappa shape index (κ1) is 12.9. The van der Waals surface area contributed by atoms with Crippen molar-refractivity contribution in [3.05, 3.63) is 34.9 Å². The van der Waals surface area contributed by atoms with Crippen molar-refractivity contribution in [2.24, 2.45) is 11.8 Å². The Hall–Kier alpha value is -0.530. The molecule has 2 rings (SSSR count). The van der Waals surface area contributed by atoms with Crippen LogP contribution in [0.25, 0.3) is 0 Å². The van der Waals surface area contributed by atoms with Gasteiger partial charge in [-0.3, -0.25) is 0 Å². The van der Waals surface area contributed by atoms with Crippen LogP contribution in [0.2, 0.25) is 5.02 Å². The zero-order valence-electron chi connectivity index (χ0n) is 10.4. The Morgan fingerprint density at radius 3 is 2.94 bits per heavy atom. The van der Waals surface area contributed by atoms with Crippen LogP contribution in [-0.4, -0.2) is 11.2 Å². The normalized spacial score (nSPS) is 26.8. The first-order chi connectivity index (χ1) is 8.15. The molecule has 0 heterocycles. The number of aliphatic hydroxyl groups is 1. The third-order valence-electron chi connectivity index (χ3n) is 3.85. The molecule has 1 aliphatic carbocycles. The number of aliphatic hydroxyl groups excluding tert-OH is 1. The molecule has 3 unspecified atom stereocenters. The van der Waals surface area contributed by atoms with Crippen molar-refractivity contribution in [2.45, 2.75) is 45.1 Å². The standard InChI is InChI=1S/C15H21ClO/c1-11-4-2-6-13(8-11)15(17)10-12-5-3-7-14(16)9-12/h3,5,7,9,11,13,15,17H,2,4,6,8,10H2,1H3. The van der Waals surface area contributed by atoms with Gasteiger partial charge < -0.3 is 5.11 Å². The largest absolute Gasteiger partial charge is 0.392 e. The molecule has 1 aromatic rings. The molecule has 94 valence electrons. The van der Waals surface area contributed by atoms with Gasteiger partial charge in [-0.15, -0.1) is 0 Å². The Balaban J connectivity index is 1.94. The lowest BCUT2D eigenvalue weighted by Crippen LogP contribution is -2.27. The molecule has 0 aliphatic heterocycles. The highest BCUT2D eigenvalue weighted by atomic mass is 35.5. The van der Waals surface area contributed by atoms with Crippen LogP contribution < -0.4 is 0 Å². The Labute approximate surface area is 109 Å². The Morgan fingerprint density at radius 2 is 2.24 bits per heavy atom. The highest BCUT2D eigenvalue weighted by Crippen LogP contribution is 2.32. The molecule has 0 spiro atoms. The number of hydrogen-bond acceptors (Lipinski definition) is 1. The van der Waals surface area contributed by atoms with Crippen LogP contribution >= 0.6 is 11.6 Å². The van der Waals surface area contributed by atoms with E-state index in [1.54, 1.807) is 0 Å². The van der Waals surface area contributed by atoms with Crippen LogP contribution in [0, 0.1) is 11.8 Å². The van der Waals surface area contributed by atoms with Gasteiger partial charge in [-0.25, -0.2) is 0 Å². The number of halogens is 1. The summed E-state index contributed by atoms with van der Waals surface area (Å²) in [5.41, 5.74) is 1.14. The van der Waals surface area contributed by atoms with Gasteiger partial charge in [-0.05, 0) is 48.8 Å². The van der Waals surface area contributed by atoms with E-state index in [-0.39, 0.29) is 6.10 Å². The molecule has 1 aromatic carbocycles. The quantitative estimate of drug-likeness (QED) is 0.860. The number of hydrogen-bond donors (Lipinski definition) is 1. The summed E-state index contributed by atoms with van der Waals surface area (Å²) in [6, 6.07) is 7.83. The van der Waals surface area contributed by atoms with Gasteiger partial charge >= 0.3 is 0 Å². The second-order valence-electron chi connectivity index (χ2n) is 5.43. The van der Waals surface area contributed by atoms with E-state index in [0.717, 1.165) is 22.9 Å². The molecule has 1 nitrogen and oxygen atoms in total. The van der Waals surface area contributed by atoms with Crippen LogP contribution in [0.4, 0.5) is 0 Å². The van der Waals surface area contributed by atoms with E-state index >= 15 is 0 Å². The summed E-state index contributed by atoms with van der Waals surface area (Å²) < 4.78 is 0. The van der Waals surface area contributed by atoms with Crippen molar-refractivity contribution >= 4 is 11.6 Å². The topological polar surface area (TPSA) is 20.2 Å². The van der Waals surface area contributed by atoms with Crippen LogP contribution in [0.15, 0.2) is 24.3 Å². The molecule has 0 amide bonds. The van der Waals surface area contributed by atoms with Gasteiger partial charge in [-0.2, -0.15) is 0 Å². The molecule has 17 heavy (non-hydrogen) atoms. The van der Waals surface area contributed by atoms with E-state index in [4.69, 9.17) is 11.6 Å². The fourth-order valence-corrected chi connectivity index (χ4v) is 3.12. The van der Waals surface area contributed by atoms with Crippen molar-refractivity contribution in [2.75, 3.05) is 0 Å². The molecule has 0 saturated heterocycles. The minimum atomic E-state index is -0.212. The zero-order chi connectivity index (χ0) is 12.3. The monoisotopic (exact) mass is 252 g/mol. The molecule has 1 fully saturated rings. The number of rotatable bonds is 3. The van der Waals surface area contributed by atoms with Crippen molar-refractivity contribution in [1.29, 1.82) is 0 Å². The van der Waals surface area contributed by atoms with Gasteiger partial charge in [0, 0.05) is 5.02 Å². The summed E-state index contributed by atoms with van der Waals surface area (Å²) in [6.07, 6.45) is 5.45. The molecule has 1 aliphatic rings. The van der Waals surface area contributed by atoms with Gasteiger partial charge in [0.1, 0.15) is 0 Å². The summed E-state index contributed by atoms with van der Waals surface area (Å²) in [4.78, 5) is 0. The Kier molecular flexibility index (Phi) is 4.47. The summed E-state index contributed by atoms with van der Waals surface area (Å²) in [5, 5.41) is 11.0. The third-order valence-corrected chi connectivity index (χ3v) is 4.09. The van der Waals surface area contributed by atoms with Crippen molar-refractivity contribution in [3.63, 3.8) is 0 Å². The molecule has 1 N–H and O–H groups in total. The highest BCUT2D eigenvalue weighted by Gasteiger charge is 2.25. The summed E-state index contributed by atoms with van der Waals surface area (Å²) >= 11 is 5.96. The van der Waals surface area contributed by atoms with Gasteiger partial charge in [0.15, 0.2) is 0 Å². The fraction of sp³-hybridized carbons (Fsp3) is 0.600. The maximum Gasteiger partial charge on any atom is 0.0608 e. The average molecular weight is 253 g/mol. The van der Waals surface area contributed by atoms with E-state index in [0.29, 0.717) is 5.92 Å². The predicted molar refractivity (Wildman–Crippen MR) is 72.3 cm³/mol. The lowest BCUT2D eigenvalue weighted by atomic mass is 9.78. The van der Waals surface area contributed by atoms with Crippen LogP contribution in [0.3, 0.4) is 0 Å². The molecule has 0 aromatic heterocycles. The summed E-state index contributed by atoms with van der Waals surface area (Å²) in [6.45, 7) is 2.29. The van der Waals surface area contributed by atoms with Crippen molar-refractivity contribution < 1.29 is 5.11 Å². The Morgan fingerprint density at radius 1 is 1.41 bits per heavy atom. The van der Waals surface area contributed by atoms with E-state index in [9.17, 15) is 5.11 Å². The van der Waals surface area contributed by atoms with E-state index < -0.39 is 0 Å². The Bertz CT molecular complexity index is 364. The summed E-state index contributed by atoms with van der Waals surface area (Å²) in [7, 11) is 0. The third kappa shape index (κ3) is 3.72. The van der Waals surface area contributed by atoms with Gasteiger partial charge in [-0.1, -0.05) is 43.5 Å². The maximum absolute atomic E-state index is 10.3. The van der Waals surface area contributed by atoms with Crippen molar-refractivity contribution in [3.8, 4) is 0 Å². The molecule has 3 atom stereocenters. The molecular weight excluding hydrogens is 232 g/mol. The first-order valence-electron chi connectivity index (χ1n) is 6.57. The van der Waals surface area contributed by atoms with E-state index in [2.05, 4.69) is 6.92 Å². The predicted octanol–water partition coefficient (Wildman–Crippen LogP) is 4.07. The first-order valence-corrected chi connectivity index (χ1v) is 6.95. The van der Waals surface area contributed by atoms with E-state index in [1.807, 2.05) is 24.3 Å². The van der Waals surface area contributed by atoms with Crippen molar-refractivity contribution in [1.82, 2.24) is 0 Å². The fourth-order valence-electron chi connectivity index (χ4n) is 2.90.